The molecular weight excluding hydrogens is 580 g/mol. The van der Waals surface area contributed by atoms with E-state index in [0.29, 0.717) is 33.6 Å². The first-order valence-corrected chi connectivity index (χ1v) is 12.7. The number of nitrogens with zero attached hydrogens (tertiary/aromatic N) is 2. The number of aliphatic hydroxyl groups is 1. The SMILES string of the molecule is CC(C)(C)OC(=O)C1=Cc2ccc(C(=O)CO)cc2N=C(N)C1.Cl.NC1=Nc2cc(C(=O)C=O)ccc2C=C(C(=O)O)C1. The normalized spacial score (nSPS) is 13.7. The van der Waals surface area contributed by atoms with Crippen molar-refractivity contribution in [2.24, 2.45) is 21.5 Å². The minimum absolute atomic E-state index is 0. The van der Waals surface area contributed by atoms with E-state index in [9.17, 15) is 24.0 Å². The second-order valence-electron chi connectivity index (χ2n) is 10.3. The maximum atomic E-state index is 12.3. The van der Waals surface area contributed by atoms with Crippen LogP contribution < -0.4 is 11.5 Å². The summed E-state index contributed by atoms with van der Waals surface area (Å²) in [7, 11) is 0. The number of nitrogens with two attached hydrogens (primary N) is 2. The van der Waals surface area contributed by atoms with E-state index >= 15 is 0 Å². The molecule has 226 valence electrons. The predicted octanol–water partition coefficient (Wildman–Crippen LogP) is 3.33. The topological polar surface area (TPSA) is 212 Å². The average Bonchev–Trinajstić information content (AvgIpc) is 3.20. The highest BCUT2D eigenvalue weighted by atomic mass is 35.5. The number of carboxylic acid groups (broad SMARTS) is 1. The Morgan fingerprint density at radius 1 is 0.884 bits per heavy atom. The Hall–Kier alpha value is -4.94. The van der Waals surface area contributed by atoms with E-state index in [4.69, 9.17) is 26.4 Å². The van der Waals surface area contributed by atoms with Gasteiger partial charge in [-0.3, -0.25) is 14.4 Å². The van der Waals surface area contributed by atoms with Crippen molar-refractivity contribution >= 4 is 77.4 Å². The van der Waals surface area contributed by atoms with Gasteiger partial charge in [0.2, 0.25) is 5.78 Å². The number of aliphatic imine (C=N–C) groups is 2. The third-order valence-electron chi connectivity index (χ3n) is 5.78. The maximum absolute atomic E-state index is 12.3. The number of amidine groups is 2. The number of esters is 1. The van der Waals surface area contributed by atoms with Gasteiger partial charge < -0.3 is 26.4 Å². The van der Waals surface area contributed by atoms with Gasteiger partial charge in [0.05, 0.1) is 11.4 Å². The standard InChI is InChI=1S/C17H20N2O4.C13H10N2O4.ClH/c1-17(2,3)23-16(22)12-6-10-4-5-11(14(21)9-20)7-13(10)19-15(18)8-12;14-12-5-9(13(18)19)3-7-1-2-8(11(17)6-16)4-10(7)15-12;/h4-7,20H,8-9H2,1-3H3,(H2,18,19);1-4,6H,5H2,(H2,14,15)(H,18,19);1H. The summed E-state index contributed by atoms with van der Waals surface area (Å²) in [5, 5.41) is 17.9. The molecule has 0 unspecified atom stereocenters. The predicted molar refractivity (Wildman–Crippen MR) is 163 cm³/mol. The van der Waals surface area contributed by atoms with Crippen LogP contribution in [0.4, 0.5) is 11.4 Å². The van der Waals surface area contributed by atoms with Crippen LogP contribution in [0.2, 0.25) is 0 Å². The molecule has 2 aromatic rings. The zero-order chi connectivity index (χ0) is 31.2. The number of halogens is 1. The van der Waals surface area contributed by atoms with Crippen LogP contribution in [-0.4, -0.2) is 63.9 Å². The molecule has 0 saturated carbocycles. The number of carbonyl (C=O) groups is 5. The zero-order valence-corrected chi connectivity index (χ0v) is 24.4. The molecule has 2 aromatic carbocycles. The van der Waals surface area contributed by atoms with Crippen molar-refractivity contribution in [3.05, 3.63) is 69.8 Å². The first kappa shape index (κ1) is 34.3. The molecule has 2 aliphatic heterocycles. The Morgan fingerprint density at radius 2 is 1.37 bits per heavy atom. The van der Waals surface area contributed by atoms with Crippen molar-refractivity contribution in [3.8, 4) is 0 Å². The number of aliphatic hydroxyl groups excluding tert-OH is 1. The fourth-order valence-corrected chi connectivity index (χ4v) is 3.88. The highest BCUT2D eigenvalue weighted by Gasteiger charge is 2.23. The van der Waals surface area contributed by atoms with Gasteiger partial charge in [0.1, 0.15) is 23.9 Å². The second-order valence-corrected chi connectivity index (χ2v) is 10.3. The Balaban J connectivity index is 0.000000298. The molecule has 2 heterocycles. The van der Waals surface area contributed by atoms with Crippen LogP contribution in [0, 0.1) is 0 Å². The third kappa shape index (κ3) is 9.28. The van der Waals surface area contributed by atoms with E-state index in [1.165, 1.54) is 24.3 Å². The number of fused-ring (bicyclic) bond motifs is 2. The molecule has 0 saturated heterocycles. The summed E-state index contributed by atoms with van der Waals surface area (Å²) in [4.78, 5) is 64.9. The molecule has 0 aliphatic carbocycles. The van der Waals surface area contributed by atoms with E-state index in [1.54, 1.807) is 45.0 Å². The molecule has 0 bridgehead atoms. The smallest absolute Gasteiger partial charge is 0.335 e. The third-order valence-corrected chi connectivity index (χ3v) is 5.78. The number of ketones is 2. The minimum Gasteiger partial charge on any atom is -0.478 e. The fraction of sp³-hybridized carbons (Fsp3) is 0.233. The molecule has 0 fully saturated rings. The molecule has 6 N–H and O–H groups in total. The van der Waals surface area contributed by atoms with E-state index in [0.717, 1.165) is 0 Å². The van der Waals surface area contributed by atoms with E-state index in [-0.39, 0.29) is 54.3 Å². The quantitative estimate of drug-likeness (QED) is 0.162. The van der Waals surface area contributed by atoms with Gasteiger partial charge in [-0.25, -0.2) is 19.6 Å². The lowest BCUT2D eigenvalue weighted by atomic mass is 10.0. The van der Waals surface area contributed by atoms with Crippen molar-refractivity contribution in [1.29, 1.82) is 0 Å². The number of ether oxygens (including phenoxy) is 1. The Bertz CT molecular complexity index is 1600. The molecule has 0 spiro atoms. The number of Topliss-reactive ketones (excluding diaryl/α,β-unsaturated/α-hetero) is 2. The number of carboxylic acids is 1. The molecule has 0 radical (unpaired) electrons. The molecule has 4 rings (SSSR count). The number of hydrogen-bond acceptors (Lipinski definition) is 11. The lowest BCUT2D eigenvalue weighted by Gasteiger charge is -2.20. The van der Waals surface area contributed by atoms with E-state index < -0.39 is 35.7 Å². The lowest BCUT2D eigenvalue weighted by Crippen LogP contribution is -2.26. The number of rotatable bonds is 6. The summed E-state index contributed by atoms with van der Waals surface area (Å²) in [6.07, 6.45) is 3.54. The van der Waals surface area contributed by atoms with Gasteiger partial charge in [-0.2, -0.15) is 0 Å². The highest BCUT2D eigenvalue weighted by molar-refractivity contribution is 6.33. The second kappa shape index (κ2) is 14.3. The number of hydrogen-bond donors (Lipinski definition) is 4. The fourth-order valence-electron chi connectivity index (χ4n) is 3.88. The van der Waals surface area contributed by atoms with Gasteiger partial charge in [0, 0.05) is 46.2 Å². The first-order valence-electron chi connectivity index (χ1n) is 12.7. The summed E-state index contributed by atoms with van der Waals surface area (Å²) in [6, 6.07) is 9.21. The molecule has 0 atom stereocenters. The van der Waals surface area contributed by atoms with Crippen LogP contribution >= 0.6 is 12.4 Å². The highest BCUT2D eigenvalue weighted by Crippen LogP contribution is 2.29. The van der Waals surface area contributed by atoms with Gasteiger partial charge in [0.25, 0.3) is 0 Å². The molecular formula is C30H31ClN4O8. The summed E-state index contributed by atoms with van der Waals surface area (Å²) >= 11 is 0. The maximum Gasteiger partial charge on any atom is 0.335 e. The van der Waals surface area contributed by atoms with Crippen LogP contribution in [0.5, 0.6) is 0 Å². The van der Waals surface area contributed by atoms with E-state index in [1.807, 2.05) is 0 Å². The summed E-state index contributed by atoms with van der Waals surface area (Å²) in [6.45, 7) is 4.80. The molecule has 0 aromatic heterocycles. The number of aldehydes is 1. The van der Waals surface area contributed by atoms with Gasteiger partial charge in [-0.05, 0) is 45.1 Å². The monoisotopic (exact) mass is 610 g/mol. The Labute approximate surface area is 253 Å². The minimum atomic E-state index is -1.07. The van der Waals surface area contributed by atoms with Crippen LogP contribution in [0.1, 0.15) is 65.5 Å². The molecule has 13 heteroatoms. The molecule has 2 aliphatic rings. The average molecular weight is 611 g/mol. The van der Waals surface area contributed by atoms with E-state index in [2.05, 4.69) is 9.98 Å². The number of benzene rings is 2. The van der Waals surface area contributed by atoms with Crippen LogP contribution in [0.15, 0.2) is 57.5 Å². The summed E-state index contributed by atoms with van der Waals surface area (Å²) in [5.74, 6) is -2.18. The van der Waals surface area contributed by atoms with Crippen LogP contribution in [0.25, 0.3) is 12.2 Å². The summed E-state index contributed by atoms with van der Waals surface area (Å²) in [5.41, 5.74) is 14.0. The molecule has 0 amide bonds. The summed E-state index contributed by atoms with van der Waals surface area (Å²) < 4.78 is 5.37. The van der Waals surface area contributed by atoms with Crippen molar-refractivity contribution in [2.45, 2.75) is 39.2 Å². The Kier molecular flexibility index (Phi) is 11.4. The zero-order valence-electron chi connectivity index (χ0n) is 23.6. The van der Waals surface area contributed by atoms with Crippen molar-refractivity contribution < 1.29 is 38.9 Å². The van der Waals surface area contributed by atoms with Crippen molar-refractivity contribution in [1.82, 2.24) is 0 Å². The molecule has 43 heavy (non-hydrogen) atoms. The Morgan fingerprint density at radius 3 is 1.86 bits per heavy atom. The number of aliphatic carboxylic acids is 1. The van der Waals surface area contributed by atoms with Crippen molar-refractivity contribution in [2.75, 3.05) is 6.61 Å². The van der Waals surface area contributed by atoms with Gasteiger partial charge in [0.15, 0.2) is 12.1 Å². The lowest BCUT2D eigenvalue weighted by molar-refractivity contribution is -0.149. The number of carbonyl (C=O) groups excluding carboxylic acids is 4. The molecule has 12 nitrogen and oxygen atoms in total. The van der Waals surface area contributed by atoms with Gasteiger partial charge in [-0.1, -0.05) is 24.3 Å². The van der Waals surface area contributed by atoms with Crippen molar-refractivity contribution in [3.63, 3.8) is 0 Å². The van der Waals surface area contributed by atoms with Crippen LogP contribution in [-0.2, 0) is 19.1 Å². The van der Waals surface area contributed by atoms with Crippen LogP contribution in [0.3, 0.4) is 0 Å². The van der Waals surface area contributed by atoms with Gasteiger partial charge >= 0.3 is 11.9 Å². The largest absolute Gasteiger partial charge is 0.478 e. The van der Waals surface area contributed by atoms with Gasteiger partial charge in [-0.15, -0.1) is 12.4 Å². The first-order chi connectivity index (χ1) is 19.7.